The molecule has 0 fully saturated rings. The molecule has 0 N–H and O–H groups in total. The lowest BCUT2D eigenvalue weighted by atomic mass is 10.1. The van der Waals surface area contributed by atoms with Crippen LogP contribution in [0.25, 0.3) is 5.69 Å². The minimum absolute atomic E-state index is 0.0834. The van der Waals surface area contributed by atoms with E-state index in [2.05, 4.69) is 9.72 Å². The lowest BCUT2D eigenvalue weighted by Crippen LogP contribution is -2.06. The van der Waals surface area contributed by atoms with Crippen LogP contribution in [-0.4, -0.2) is 27.6 Å². The quantitative estimate of drug-likeness (QED) is 0.482. The molecule has 0 unspecified atom stereocenters. The molecule has 0 saturated heterocycles. The maximum atomic E-state index is 11.6. The monoisotopic (exact) mass is 286 g/mol. The van der Waals surface area contributed by atoms with Crippen molar-refractivity contribution in [2.45, 2.75) is 6.92 Å². The molecule has 8 nitrogen and oxygen atoms in total. The normalized spacial score (nSPS) is 9.95. The van der Waals surface area contributed by atoms with Crippen LogP contribution in [0.1, 0.15) is 21.7 Å². The molecule has 0 amide bonds. The highest BCUT2D eigenvalue weighted by molar-refractivity contribution is 5.90. The molecule has 0 aliphatic heterocycles. The average Bonchev–Trinajstić information content (AvgIpc) is 2.86. The van der Waals surface area contributed by atoms with E-state index in [4.69, 9.17) is 5.26 Å². The molecule has 0 radical (unpaired) electrons. The van der Waals surface area contributed by atoms with Gasteiger partial charge in [-0.05, 0) is 19.1 Å². The second kappa shape index (κ2) is 5.42. The van der Waals surface area contributed by atoms with Crippen LogP contribution in [0.2, 0.25) is 0 Å². The molecule has 21 heavy (non-hydrogen) atoms. The summed E-state index contributed by atoms with van der Waals surface area (Å²) in [5.74, 6) is -0.624. The smallest absolute Gasteiger partial charge is 0.337 e. The van der Waals surface area contributed by atoms with E-state index in [0.717, 1.165) is 0 Å². The number of carbonyl (C=O) groups excluding carboxylic acids is 1. The summed E-state index contributed by atoms with van der Waals surface area (Å²) in [6.07, 6.45) is 1.30. The largest absolute Gasteiger partial charge is 0.465 e. The first kappa shape index (κ1) is 14.2. The number of nitrogens with zero attached hydrogens (tertiary/aromatic N) is 4. The number of imidazole rings is 1. The number of nitro benzene ring substituents is 1. The van der Waals surface area contributed by atoms with Gasteiger partial charge in [0.2, 0.25) is 0 Å². The molecule has 1 heterocycles. The molecule has 1 aromatic heterocycles. The number of aromatic nitrogens is 2. The molecular weight excluding hydrogens is 276 g/mol. The van der Waals surface area contributed by atoms with E-state index >= 15 is 0 Å². The fourth-order valence-electron chi connectivity index (χ4n) is 1.87. The summed E-state index contributed by atoms with van der Waals surface area (Å²) in [6, 6.07) is 5.72. The fourth-order valence-corrected chi connectivity index (χ4v) is 1.87. The van der Waals surface area contributed by atoms with Crippen LogP contribution in [0.4, 0.5) is 5.69 Å². The van der Waals surface area contributed by atoms with E-state index in [1.54, 1.807) is 6.92 Å². The second-order valence-electron chi connectivity index (χ2n) is 4.11. The van der Waals surface area contributed by atoms with Crippen molar-refractivity contribution < 1.29 is 14.5 Å². The number of hydrogen-bond acceptors (Lipinski definition) is 6. The van der Waals surface area contributed by atoms with Crippen LogP contribution in [0.3, 0.4) is 0 Å². The molecule has 8 heteroatoms. The van der Waals surface area contributed by atoms with Gasteiger partial charge >= 0.3 is 5.97 Å². The van der Waals surface area contributed by atoms with Gasteiger partial charge in [-0.2, -0.15) is 5.26 Å². The maximum Gasteiger partial charge on any atom is 0.337 e. The standard InChI is InChI=1S/C13H10N4O4/c1-8-12(6-14)16(7-15-8)11-5-9(13(18)21-2)3-4-10(11)17(19)20/h3-5,7H,1-2H3. The number of ether oxygens (including phenoxy) is 1. The predicted molar refractivity (Wildman–Crippen MR) is 71.0 cm³/mol. The number of carbonyl (C=O) groups is 1. The molecule has 0 aliphatic rings. The second-order valence-corrected chi connectivity index (χ2v) is 4.11. The highest BCUT2D eigenvalue weighted by atomic mass is 16.6. The fraction of sp³-hybridized carbons (Fsp3) is 0.154. The van der Waals surface area contributed by atoms with Crippen molar-refractivity contribution in [3.63, 3.8) is 0 Å². The molecule has 2 aromatic rings. The highest BCUT2D eigenvalue weighted by Crippen LogP contribution is 2.26. The molecular formula is C13H10N4O4. The average molecular weight is 286 g/mol. The third-order valence-electron chi connectivity index (χ3n) is 2.91. The number of hydrogen-bond donors (Lipinski definition) is 0. The van der Waals surface area contributed by atoms with Crippen molar-refractivity contribution in [2.75, 3.05) is 7.11 Å². The molecule has 1 aromatic carbocycles. The van der Waals surface area contributed by atoms with E-state index in [0.29, 0.717) is 5.69 Å². The Bertz CT molecular complexity index is 773. The van der Waals surface area contributed by atoms with Crippen LogP contribution in [0.15, 0.2) is 24.5 Å². The lowest BCUT2D eigenvalue weighted by Gasteiger charge is -2.07. The number of nitriles is 1. The van der Waals surface area contributed by atoms with Gasteiger partial charge in [0.1, 0.15) is 23.8 Å². The first-order valence-corrected chi connectivity index (χ1v) is 5.80. The summed E-state index contributed by atoms with van der Waals surface area (Å²) in [5, 5.41) is 20.3. The van der Waals surface area contributed by atoms with Gasteiger partial charge in [0.15, 0.2) is 0 Å². The van der Waals surface area contributed by atoms with E-state index in [9.17, 15) is 14.9 Å². The van der Waals surface area contributed by atoms with Gasteiger partial charge in [-0.1, -0.05) is 0 Å². The minimum atomic E-state index is -0.624. The Kier molecular flexibility index (Phi) is 3.67. The number of rotatable bonds is 3. The number of esters is 1. The Labute approximate surface area is 119 Å². The zero-order valence-electron chi connectivity index (χ0n) is 11.2. The van der Waals surface area contributed by atoms with Gasteiger partial charge in [-0.3, -0.25) is 14.7 Å². The van der Waals surface area contributed by atoms with Crippen molar-refractivity contribution in [2.24, 2.45) is 0 Å². The molecule has 0 spiro atoms. The zero-order valence-corrected chi connectivity index (χ0v) is 11.2. The Morgan fingerprint density at radius 2 is 2.24 bits per heavy atom. The lowest BCUT2D eigenvalue weighted by molar-refractivity contribution is -0.384. The Morgan fingerprint density at radius 1 is 1.52 bits per heavy atom. The van der Waals surface area contributed by atoms with Crippen molar-refractivity contribution in [1.29, 1.82) is 5.26 Å². The molecule has 0 aliphatic carbocycles. The van der Waals surface area contributed by atoms with E-state index in [-0.39, 0.29) is 22.6 Å². The first-order valence-electron chi connectivity index (χ1n) is 5.80. The van der Waals surface area contributed by atoms with Gasteiger partial charge < -0.3 is 4.74 Å². The Balaban J connectivity index is 2.72. The highest BCUT2D eigenvalue weighted by Gasteiger charge is 2.21. The van der Waals surface area contributed by atoms with E-state index in [1.807, 2.05) is 6.07 Å². The number of aryl methyl sites for hydroxylation is 1. The maximum absolute atomic E-state index is 11.6. The van der Waals surface area contributed by atoms with Gasteiger partial charge in [0, 0.05) is 6.07 Å². The van der Waals surface area contributed by atoms with Crippen molar-refractivity contribution in [3.8, 4) is 11.8 Å². The van der Waals surface area contributed by atoms with Crippen LogP contribution < -0.4 is 0 Å². The van der Waals surface area contributed by atoms with Crippen LogP contribution in [0.5, 0.6) is 0 Å². The van der Waals surface area contributed by atoms with Crippen LogP contribution in [-0.2, 0) is 4.74 Å². The van der Waals surface area contributed by atoms with E-state index < -0.39 is 10.9 Å². The van der Waals surface area contributed by atoms with Gasteiger partial charge in [0.25, 0.3) is 5.69 Å². The van der Waals surface area contributed by atoms with Crippen LogP contribution in [0, 0.1) is 28.4 Å². The first-order chi connectivity index (χ1) is 9.99. The minimum Gasteiger partial charge on any atom is -0.465 e. The predicted octanol–water partition coefficient (Wildman–Crippen LogP) is 1.75. The molecule has 2 rings (SSSR count). The molecule has 106 valence electrons. The Hall–Kier alpha value is -3.21. The van der Waals surface area contributed by atoms with Crippen molar-refractivity contribution in [3.05, 3.63) is 51.6 Å². The summed E-state index contributed by atoms with van der Waals surface area (Å²) in [5.41, 5.74) is 0.598. The molecule has 0 atom stereocenters. The van der Waals surface area contributed by atoms with Gasteiger partial charge in [-0.15, -0.1) is 0 Å². The van der Waals surface area contributed by atoms with E-state index in [1.165, 1.54) is 36.2 Å². The number of benzene rings is 1. The topological polar surface area (TPSA) is 111 Å². The van der Waals surface area contributed by atoms with Gasteiger partial charge in [-0.25, -0.2) is 9.78 Å². The molecule has 0 bridgehead atoms. The van der Waals surface area contributed by atoms with Crippen LogP contribution >= 0.6 is 0 Å². The number of nitro groups is 1. The van der Waals surface area contributed by atoms with Gasteiger partial charge in [0.05, 0.1) is 23.3 Å². The summed E-state index contributed by atoms with van der Waals surface area (Å²) in [6.45, 7) is 1.62. The number of methoxy groups -OCH3 is 1. The SMILES string of the molecule is COC(=O)c1ccc([N+](=O)[O-])c(-n2cnc(C)c2C#N)c1. The third kappa shape index (κ3) is 2.44. The summed E-state index contributed by atoms with van der Waals surface area (Å²) >= 11 is 0. The van der Waals surface area contributed by atoms with Crippen molar-refractivity contribution in [1.82, 2.24) is 9.55 Å². The molecule has 0 saturated carbocycles. The summed E-state index contributed by atoms with van der Waals surface area (Å²) in [7, 11) is 1.21. The Morgan fingerprint density at radius 3 is 2.81 bits per heavy atom. The summed E-state index contributed by atoms with van der Waals surface area (Å²) in [4.78, 5) is 26.1. The third-order valence-corrected chi connectivity index (χ3v) is 2.91. The van der Waals surface area contributed by atoms with Crippen molar-refractivity contribution >= 4 is 11.7 Å². The summed E-state index contributed by atoms with van der Waals surface area (Å²) < 4.78 is 5.87. The zero-order chi connectivity index (χ0) is 15.6.